The highest BCUT2D eigenvalue weighted by Gasteiger charge is 2.25. The lowest BCUT2D eigenvalue weighted by atomic mass is 10.2. The number of aromatic nitrogens is 2. The molecule has 0 bridgehead atoms. The van der Waals surface area contributed by atoms with Gasteiger partial charge in [0.05, 0.1) is 5.69 Å². The van der Waals surface area contributed by atoms with Crippen molar-refractivity contribution >= 4 is 27.6 Å². The smallest absolute Gasteiger partial charge is 0.207 e. The van der Waals surface area contributed by atoms with Gasteiger partial charge in [-0.25, -0.2) is 4.98 Å². The minimum atomic E-state index is 0.642. The number of benzene rings is 1. The van der Waals surface area contributed by atoms with Crippen molar-refractivity contribution in [1.82, 2.24) is 9.55 Å². The van der Waals surface area contributed by atoms with Crippen LogP contribution in [-0.4, -0.2) is 9.55 Å². The second-order valence-corrected chi connectivity index (χ2v) is 5.35. The maximum Gasteiger partial charge on any atom is 0.207 e. The van der Waals surface area contributed by atoms with E-state index in [1.807, 2.05) is 12.4 Å². The van der Waals surface area contributed by atoms with Gasteiger partial charge < -0.3 is 9.88 Å². The van der Waals surface area contributed by atoms with E-state index in [0.717, 1.165) is 16.1 Å². The van der Waals surface area contributed by atoms with Crippen molar-refractivity contribution in [1.29, 1.82) is 0 Å². The third-order valence-electron chi connectivity index (χ3n) is 2.98. The molecule has 1 aromatic heterocycles. The van der Waals surface area contributed by atoms with Crippen molar-refractivity contribution in [3.63, 3.8) is 0 Å². The molecule has 1 aliphatic rings. The van der Waals surface area contributed by atoms with Crippen LogP contribution in [0, 0.1) is 6.92 Å². The number of halogens is 1. The summed E-state index contributed by atoms with van der Waals surface area (Å²) in [6, 6.07) is 6.91. The maximum absolute atomic E-state index is 4.37. The molecule has 3 rings (SSSR count). The Morgan fingerprint density at radius 2 is 2.24 bits per heavy atom. The Kier molecular flexibility index (Phi) is 2.67. The van der Waals surface area contributed by atoms with Gasteiger partial charge in [-0.15, -0.1) is 0 Å². The molecule has 0 radical (unpaired) electrons. The van der Waals surface area contributed by atoms with Crippen LogP contribution in [0.15, 0.2) is 35.1 Å². The third kappa shape index (κ3) is 2.22. The molecule has 0 aliphatic heterocycles. The van der Waals surface area contributed by atoms with Crippen LogP contribution < -0.4 is 5.32 Å². The molecule has 17 heavy (non-hydrogen) atoms. The lowest BCUT2D eigenvalue weighted by molar-refractivity contribution is 0.751. The monoisotopic (exact) mass is 291 g/mol. The number of hydrogen-bond donors (Lipinski definition) is 1. The summed E-state index contributed by atoms with van der Waals surface area (Å²) in [7, 11) is 0. The van der Waals surface area contributed by atoms with E-state index in [4.69, 9.17) is 0 Å². The van der Waals surface area contributed by atoms with E-state index in [0.29, 0.717) is 6.04 Å². The van der Waals surface area contributed by atoms with Gasteiger partial charge in [0.15, 0.2) is 0 Å². The fraction of sp³-hybridized carbons (Fsp3) is 0.308. The molecule has 3 nitrogen and oxygen atoms in total. The van der Waals surface area contributed by atoms with E-state index in [9.17, 15) is 0 Å². The first kappa shape index (κ1) is 10.8. The Morgan fingerprint density at radius 3 is 3.00 bits per heavy atom. The van der Waals surface area contributed by atoms with Crippen LogP contribution in [0.5, 0.6) is 0 Å². The van der Waals surface area contributed by atoms with Gasteiger partial charge in [0.1, 0.15) is 0 Å². The summed E-state index contributed by atoms with van der Waals surface area (Å²) in [5, 5.41) is 3.39. The van der Waals surface area contributed by atoms with E-state index in [2.05, 4.69) is 55.9 Å². The molecule has 1 N–H and O–H groups in total. The first-order valence-corrected chi connectivity index (χ1v) is 6.59. The number of imidazole rings is 1. The van der Waals surface area contributed by atoms with Crippen LogP contribution in [0.4, 0.5) is 11.6 Å². The van der Waals surface area contributed by atoms with Crippen molar-refractivity contribution < 1.29 is 0 Å². The standard InChI is InChI=1S/C13H14BrN3/c1-9-2-5-11(14)12(8-9)16-13-15-6-7-17(13)10-3-4-10/h2,5-8,10H,3-4H2,1H3,(H,15,16). The second kappa shape index (κ2) is 4.18. The molecule has 1 saturated carbocycles. The van der Waals surface area contributed by atoms with Gasteiger partial charge in [-0.05, 0) is 53.4 Å². The van der Waals surface area contributed by atoms with Crippen LogP contribution >= 0.6 is 15.9 Å². The molecule has 0 unspecified atom stereocenters. The van der Waals surface area contributed by atoms with Crippen LogP contribution in [-0.2, 0) is 0 Å². The molecule has 1 aromatic carbocycles. The minimum Gasteiger partial charge on any atom is -0.325 e. The van der Waals surface area contributed by atoms with Gasteiger partial charge in [0, 0.05) is 22.9 Å². The Morgan fingerprint density at radius 1 is 1.41 bits per heavy atom. The summed E-state index contributed by atoms with van der Waals surface area (Å²) in [4.78, 5) is 4.37. The van der Waals surface area contributed by atoms with E-state index in [-0.39, 0.29) is 0 Å². The van der Waals surface area contributed by atoms with Crippen molar-refractivity contribution in [2.45, 2.75) is 25.8 Å². The molecular formula is C13H14BrN3. The molecule has 1 fully saturated rings. The first-order valence-electron chi connectivity index (χ1n) is 5.80. The number of nitrogens with one attached hydrogen (secondary N) is 1. The molecule has 4 heteroatoms. The minimum absolute atomic E-state index is 0.642. The highest BCUT2D eigenvalue weighted by atomic mass is 79.9. The summed E-state index contributed by atoms with van der Waals surface area (Å²) >= 11 is 3.55. The zero-order valence-corrected chi connectivity index (χ0v) is 11.2. The summed E-state index contributed by atoms with van der Waals surface area (Å²) in [6.45, 7) is 2.09. The average Bonchev–Trinajstić information content (AvgIpc) is 3.05. The van der Waals surface area contributed by atoms with Gasteiger partial charge in [-0.1, -0.05) is 6.07 Å². The van der Waals surface area contributed by atoms with Gasteiger partial charge in [0.25, 0.3) is 0 Å². The fourth-order valence-corrected chi connectivity index (χ4v) is 2.26. The van der Waals surface area contributed by atoms with Crippen LogP contribution in [0.25, 0.3) is 0 Å². The molecule has 0 saturated heterocycles. The average molecular weight is 292 g/mol. The topological polar surface area (TPSA) is 29.9 Å². The normalized spacial score (nSPS) is 14.9. The molecular weight excluding hydrogens is 278 g/mol. The van der Waals surface area contributed by atoms with E-state index in [1.54, 1.807) is 0 Å². The number of aryl methyl sites for hydroxylation is 1. The summed E-state index contributed by atoms with van der Waals surface area (Å²) in [5.74, 6) is 0.929. The first-order chi connectivity index (χ1) is 8.24. The number of nitrogens with zero attached hydrogens (tertiary/aromatic N) is 2. The van der Waals surface area contributed by atoms with Crippen LogP contribution in [0.1, 0.15) is 24.4 Å². The summed E-state index contributed by atoms with van der Waals surface area (Å²) in [6.07, 6.45) is 6.42. The van der Waals surface area contributed by atoms with E-state index in [1.165, 1.54) is 18.4 Å². The SMILES string of the molecule is Cc1ccc(Br)c(Nc2nccn2C2CC2)c1. The Balaban J connectivity index is 1.90. The molecule has 88 valence electrons. The molecule has 1 aliphatic carbocycles. The summed E-state index contributed by atoms with van der Waals surface area (Å²) < 4.78 is 3.28. The van der Waals surface area contributed by atoms with Crippen molar-refractivity contribution in [2.75, 3.05) is 5.32 Å². The number of hydrogen-bond acceptors (Lipinski definition) is 2. The molecule has 0 amide bonds. The predicted molar refractivity (Wildman–Crippen MR) is 72.7 cm³/mol. The van der Waals surface area contributed by atoms with Gasteiger partial charge in [0.2, 0.25) is 5.95 Å². The fourth-order valence-electron chi connectivity index (χ4n) is 1.91. The number of rotatable bonds is 3. The zero-order chi connectivity index (χ0) is 11.8. The van der Waals surface area contributed by atoms with Crippen molar-refractivity contribution in [3.05, 3.63) is 40.6 Å². The van der Waals surface area contributed by atoms with Crippen LogP contribution in [0.3, 0.4) is 0 Å². The maximum atomic E-state index is 4.37. The Bertz CT molecular complexity index is 543. The van der Waals surface area contributed by atoms with Gasteiger partial charge >= 0.3 is 0 Å². The summed E-state index contributed by atoms with van der Waals surface area (Å²) in [5.41, 5.74) is 2.30. The second-order valence-electron chi connectivity index (χ2n) is 4.50. The van der Waals surface area contributed by atoms with E-state index < -0.39 is 0 Å². The third-order valence-corrected chi connectivity index (χ3v) is 3.67. The van der Waals surface area contributed by atoms with Gasteiger partial charge in [-0.3, -0.25) is 0 Å². The lowest BCUT2D eigenvalue weighted by Crippen LogP contribution is -2.01. The van der Waals surface area contributed by atoms with Crippen molar-refractivity contribution in [3.8, 4) is 0 Å². The Hall–Kier alpha value is -1.29. The zero-order valence-electron chi connectivity index (χ0n) is 9.65. The largest absolute Gasteiger partial charge is 0.325 e. The Labute approximate surface area is 109 Å². The highest BCUT2D eigenvalue weighted by Crippen LogP contribution is 2.37. The molecule has 2 aromatic rings. The van der Waals surface area contributed by atoms with Crippen LogP contribution in [0.2, 0.25) is 0 Å². The van der Waals surface area contributed by atoms with Crippen molar-refractivity contribution in [2.24, 2.45) is 0 Å². The lowest BCUT2D eigenvalue weighted by Gasteiger charge is -2.11. The number of anilines is 2. The molecule has 1 heterocycles. The molecule has 0 atom stereocenters. The van der Waals surface area contributed by atoms with E-state index >= 15 is 0 Å². The quantitative estimate of drug-likeness (QED) is 0.925. The predicted octanol–water partition coefficient (Wildman–Crippen LogP) is 4.03. The molecule has 0 spiro atoms. The van der Waals surface area contributed by atoms with Gasteiger partial charge in [-0.2, -0.15) is 0 Å². The highest BCUT2D eigenvalue weighted by molar-refractivity contribution is 9.10.